The van der Waals surface area contributed by atoms with Gasteiger partial charge in [-0.05, 0) is 38.4 Å². The van der Waals surface area contributed by atoms with Crippen molar-refractivity contribution in [2.75, 3.05) is 7.05 Å². The molecular formula is C15H21N3. The molecule has 1 unspecified atom stereocenters. The normalized spacial score (nSPS) is 12.6. The van der Waals surface area contributed by atoms with Crippen molar-refractivity contribution in [3.05, 3.63) is 53.9 Å². The largest absolute Gasteiger partial charge is 0.313 e. The molecule has 1 atom stereocenters. The van der Waals surface area contributed by atoms with E-state index in [-0.39, 0.29) is 0 Å². The lowest BCUT2D eigenvalue weighted by atomic mass is 10.0. The van der Waals surface area contributed by atoms with Crippen LogP contribution in [0.15, 0.2) is 42.6 Å². The van der Waals surface area contributed by atoms with E-state index in [1.54, 1.807) is 0 Å². The average Bonchev–Trinajstić information content (AvgIpc) is 2.88. The summed E-state index contributed by atoms with van der Waals surface area (Å²) in [4.78, 5) is 0. The summed E-state index contributed by atoms with van der Waals surface area (Å²) in [5, 5.41) is 7.70. The second-order valence-electron chi connectivity index (χ2n) is 4.43. The average molecular weight is 243 g/mol. The zero-order valence-corrected chi connectivity index (χ0v) is 11.1. The smallest absolute Gasteiger partial charge is 0.0492 e. The highest BCUT2D eigenvalue weighted by atomic mass is 15.3. The van der Waals surface area contributed by atoms with Gasteiger partial charge in [0.1, 0.15) is 0 Å². The van der Waals surface area contributed by atoms with E-state index < -0.39 is 0 Å². The summed E-state index contributed by atoms with van der Waals surface area (Å²) in [6.07, 6.45) is 4.02. The maximum Gasteiger partial charge on any atom is 0.0492 e. The van der Waals surface area contributed by atoms with E-state index in [0.717, 1.165) is 19.4 Å². The van der Waals surface area contributed by atoms with Gasteiger partial charge in [-0.25, -0.2) is 0 Å². The number of nitrogens with one attached hydrogen (secondary N) is 1. The maximum atomic E-state index is 4.31. The SMILES string of the molecule is CCn1nccc1CCC(NC)c1ccccc1. The molecule has 2 rings (SSSR count). The van der Waals surface area contributed by atoms with Crippen molar-refractivity contribution < 1.29 is 0 Å². The molecule has 3 nitrogen and oxygen atoms in total. The maximum absolute atomic E-state index is 4.31. The lowest BCUT2D eigenvalue weighted by molar-refractivity contribution is 0.526. The molecule has 1 N–H and O–H groups in total. The van der Waals surface area contributed by atoms with E-state index in [4.69, 9.17) is 0 Å². The summed E-state index contributed by atoms with van der Waals surface area (Å²) in [7, 11) is 2.02. The fourth-order valence-corrected chi connectivity index (χ4v) is 2.31. The van der Waals surface area contributed by atoms with Gasteiger partial charge in [0.05, 0.1) is 0 Å². The topological polar surface area (TPSA) is 29.9 Å². The molecule has 0 radical (unpaired) electrons. The molecule has 0 saturated heterocycles. The van der Waals surface area contributed by atoms with Crippen molar-refractivity contribution in [1.29, 1.82) is 0 Å². The first-order valence-corrected chi connectivity index (χ1v) is 6.58. The Morgan fingerprint density at radius 3 is 2.67 bits per heavy atom. The lowest BCUT2D eigenvalue weighted by Crippen LogP contribution is -2.17. The van der Waals surface area contributed by atoms with Gasteiger partial charge in [0.15, 0.2) is 0 Å². The zero-order valence-electron chi connectivity index (χ0n) is 11.1. The predicted octanol–water partition coefficient (Wildman–Crippen LogP) is 2.80. The van der Waals surface area contributed by atoms with Gasteiger partial charge in [0.25, 0.3) is 0 Å². The molecule has 0 amide bonds. The molecule has 0 bridgehead atoms. The number of aryl methyl sites for hydroxylation is 2. The lowest BCUT2D eigenvalue weighted by Gasteiger charge is -2.16. The van der Waals surface area contributed by atoms with Crippen LogP contribution in [-0.2, 0) is 13.0 Å². The van der Waals surface area contributed by atoms with Crippen molar-refractivity contribution in [1.82, 2.24) is 15.1 Å². The minimum absolute atomic E-state index is 0.409. The van der Waals surface area contributed by atoms with Crippen LogP contribution < -0.4 is 5.32 Å². The Morgan fingerprint density at radius 1 is 1.22 bits per heavy atom. The van der Waals surface area contributed by atoms with Crippen molar-refractivity contribution in [2.45, 2.75) is 32.4 Å². The van der Waals surface area contributed by atoms with Crippen LogP contribution in [-0.4, -0.2) is 16.8 Å². The van der Waals surface area contributed by atoms with Gasteiger partial charge in [-0.1, -0.05) is 30.3 Å². The van der Waals surface area contributed by atoms with Crippen molar-refractivity contribution >= 4 is 0 Å². The molecule has 18 heavy (non-hydrogen) atoms. The first-order valence-electron chi connectivity index (χ1n) is 6.58. The predicted molar refractivity (Wildman–Crippen MR) is 74.5 cm³/mol. The molecule has 1 heterocycles. The van der Waals surface area contributed by atoms with Gasteiger partial charge in [-0.2, -0.15) is 5.10 Å². The Labute approximate surface area is 109 Å². The third-order valence-electron chi connectivity index (χ3n) is 3.34. The number of hydrogen-bond acceptors (Lipinski definition) is 2. The number of aromatic nitrogens is 2. The summed E-state index contributed by atoms with van der Waals surface area (Å²) < 4.78 is 2.07. The Balaban J connectivity index is 2.00. The first-order chi connectivity index (χ1) is 8.85. The Hall–Kier alpha value is -1.61. The molecule has 96 valence electrons. The first kappa shape index (κ1) is 12.8. The monoisotopic (exact) mass is 243 g/mol. The Morgan fingerprint density at radius 2 is 2.00 bits per heavy atom. The molecule has 0 aliphatic carbocycles. The highest BCUT2D eigenvalue weighted by Gasteiger charge is 2.10. The van der Waals surface area contributed by atoms with Crippen LogP contribution in [0.1, 0.15) is 30.6 Å². The number of benzene rings is 1. The van der Waals surface area contributed by atoms with Gasteiger partial charge in [0, 0.05) is 24.5 Å². The van der Waals surface area contributed by atoms with Crippen LogP contribution in [0.2, 0.25) is 0 Å². The summed E-state index contributed by atoms with van der Waals surface area (Å²) >= 11 is 0. The minimum atomic E-state index is 0.409. The van der Waals surface area contributed by atoms with Crippen LogP contribution in [0, 0.1) is 0 Å². The number of nitrogens with zero attached hydrogens (tertiary/aromatic N) is 2. The number of hydrogen-bond donors (Lipinski definition) is 1. The molecular weight excluding hydrogens is 222 g/mol. The highest BCUT2D eigenvalue weighted by molar-refractivity contribution is 5.19. The van der Waals surface area contributed by atoms with Gasteiger partial charge in [-0.15, -0.1) is 0 Å². The molecule has 0 aliphatic heterocycles. The van der Waals surface area contributed by atoms with Crippen LogP contribution in [0.25, 0.3) is 0 Å². The third-order valence-corrected chi connectivity index (χ3v) is 3.34. The molecule has 3 heteroatoms. The molecule has 1 aromatic carbocycles. The van der Waals surface area contributed by atoms with Crippen LogP contribution in [0.5, 0.6) is 0 Å². The minimum Gasteiger partial charge on any atom is -0.313 e. The fourth-order valence-electron chi connectivity index (χ4n) is 2.31. The van der Waals surface area contributed by atoms with Gasteiger partial charge in [0.2, 0.25) is 0 Å². The molecule has 0 saturated carbocycles. The van der Waals surface area contributed by atoms with E-state index >= 15 is 0 Å². The second-order valence-corrected chi connectivity index (χ2v) is 4.43. The van der Waals surface area contributed by atoms with E-state index in [1.807, 2.05) is 13.2 Å². The molecule has 0 spiro atoms. The molecule has 0 aliphatic rings. The quantitative estimate of drug-likeness (QED) is 0.845. The Bertz CT molecular complexity index is 462. The van der Waals surface area contributed by atoms with E-state index in [9.17, 15) is 0 Å². The summed E-state index contributed by atoms with van der Waals surface area (Å²) in [5.74, 6) is 0. The van der Waals surface area contributed by atoms with E-state index in [1.165, 1.54) is 11.3 Å². The standard InChI is InChI=1S/C15H21N3/c1-3-18-14(11-12-17-18)9-10-15(16-2)13-7-5-4-6-8-13/h4-8,11-12,15-16H,3,9-10H2,1-2H3. The van der Waals surface area contributed by atoms with Gasteiger partial charge >= 0.3 is 0 Å². The third kappa shape index (κ3) is 2.99. The van der Waals surface area contributed by atoms with Gasteiger partial charge in [-0.3, -0.25) is 4.68 Å². The van der Waals surface area contributed by atoms with Crippen molar-refractivity contribution in [3.8, 4) is 0 Å². The van der Waals surface area contributed by atoms with E-state index in [2.05, 4.69) is 58.4 Å². The Kier molecular flexibility index (Phi) is 4.53. The van der Waals surface area contributed by atoms with E-state index in [0.29, 0.717) is 6.04 Å². The molecule has 1 aromatic heterocycles. The zero-order chi connectivity index (χ0) is 12.8. The fraction of sp³-hybridized carbons (Fsp3) is 0.400. The van der Waals surface area contributed by atoms with Gasteiger partial charge < -0.3 is 5.32 Å². The molecule has 0 fully saturated rings. The summed E-state index contributed by atoms with van der Waals surface area (Å²) in [6, 6.07) is 13.1. The van der Waals surface area contributed by atoms with Crippen LogP contribution >= 0.6 is 0 Å². The summed E-state index contributed by atoms with van der Waals surface area (Å²) in [6.45, 7) is 3.07. The van der Waals surface area contributed by atoms with Crippen molar-refractivity contribution in [3.63, 3.8) is 0 Å². The van der Waals surface area contributed by atoms with Crippen molar-refractivity contribution in [2.24, 2.45) is 0 Å². The van der Waals surface area contributed by atoms with Crippen LogP contribution in [0.4, 0.5) is 0 Å². The number of rotatable bonds is 6. The molecule has 2 aromatic rings. The van der Waals surface area contributed by atoms with Crippen LogP contribution in [0.3, 0.4) is 0 Å². The second kappa shape index (κ2) is 6.36. The highest BCUT2D eigenvalue weighted by Crippen LogP contribution is 2.18. The summed E-state index contributed by atoms with van der Waals surface area (Å²) in [5.41, 5.74) is 2.66.